The molecule has 1 unspecified atom stereocenters. The first-order valence-corrected chi connectivity index (χ1v) is 6.11. The average molecular weight is 255 g/mol. The first kappa shape index (κ1) is 16.2. The van der Waals surface area contributed by atoms with Crippen LogP contribution in [0.1, 0.15) is 27.2 Å². The Bertz CT molecular complexity index is 325. The van der Waals surface area contributed by atoms with Crippen LogP contribution in [0.3, 0.4) is 0 Å². The van der Waals surface area contributed by atoms with Gasteiger partial charge in [0.1, 0.15) is 6.54 Å². The van der Waals surface area contributed by atoms with Gasteiger partial charge in [0, 0.05) is 19.6 Å². The smallest absolute Gasteiger partial charge is 0.323 e. The molecule has 2 amide bonds. The molecule has 0 fully saturated rings. The van der Waals surface area contributed by atoms with Gasteiger partial charge in [-0.2, -0.15) is 5.26 Å². The number of carboxylic acid groups (broad SMARTS) is 1. The molecule has 0 aliphatic heterocycles. The second kappa shape index (κ2) is 8.34. The molecule has 0 heterocycles. The minimum Gasteiger partial charge on any atom is -0.480 e. The lowest BCUT2D eigenvalue weighted by Crippen LogP contribution is -2.46. The summed E-state index contributed by atoms with van der Waals surface area (Å²) in [7, 11) is 0. The van der Waals surface area contributed by atoms with Crippen molar-refractivity contribution in [2.24, 2.45) is 5.92 Å². The van der Waals surface area contributed by atoms with E-state index in [4.69, 9.17) is 10.4 Å². The summed E-state index contributed by atoms with van der Waals surface area (Å²) in [6, 6.07) is 1.75. The van der Waals surface area contributed by atoms with E-state index in [9.17, 15) is 9.59 Å². The molecule has 0 aliphatic rings. The van der Waals surface area contributed by atoms with Crippen molar-refractivity contribution < 1.29 is 14.7 Å². The molecule has 0 saturated carbocycles. The molecular weight excluding hydrogens is 234 g/mol. The zero-order valence-corrected chi connectivity index (χ0v) is 11.2. The van der Waals surface area contributed by atoms with Gasteiger partial charge in [0.05, 0.1) is 12.0 Å². The molecule has 1 atom stereocenters. The maximum absolute atomic E-state index is 12.1. The second-order valence-corrected chi connectivity index (χ2v) is 4.17. The van der Waals surface area contributed by atoms with Crippen molar-refractivity contribution in [3.8, 4) is 6.07 Å². The van der Waals surface area contributed by atoms with Crippen LogP contribution in [0.15, 0.2) is 0 Å². The van der Waals surface area contributed by atoms with Gasteiger partial charge in [-0.3, -0.25) is 4.79 Å². The van der Waals surface area contributed by atoms with Crippen LogP contribution in [0.5, 0.6) is 0 Å². The number of hydrogen-bond acceptors (Lipinski definition) is 3. The molecule has 0 aromatic carbocycles. The SMILES string of the molecule is CCCN(CC(=O)O)C(=O)N(CC)CC(C)C#N. The van der Waals surface area contributed by atoms with Crippen LogP contribution in [0.25, 0.3) is 0 Å². The Labute approximate surface area is 108 Å². The number of carbonyl (C=O) groups is 2. The quantitative estimate of drug-likeness (QED) is 0.744. The van der Waals surface area contributed by atoms with Crippen molar-refractivity contribution in [1.82, 2.24) is 9.80 Å². The van der Waals surface area contributed by atoms with E-state index in [-0.39, 0.29) is 18.5 Å². The average Bonchev–Trinajstić information content (AvgIpc) is 2.33. The molecule has 0 rings (SSSR count). The molecule has 0 aromatic rings. The zero-order valence-electron chi connectivity index (χ0n) is 11.2. The zero-order chi connectivity index (χ0) is 14.1. The van der Waals surface area contributed by atoms with Crippen molar-refractivity contribution in [1.29, 1.82) is 5.26 Å². The van der Waals surface area contributed by atoms with Gasteiger partial charge in [0.25, 0.3) is 0 Å². The Morgan fingerprint density at radius 1 is 1.33 bits per heavy atom. The number of aliphatic carboxylic acids is 1. The summed E-state index contributed by atoms with van der Waals surface area (Å²) in [5.74, 6) is -1.29. The van der Waals surface area contributed by atoms with Crippen molar-refractivity contribution in [2.45, 2.75) is 27.2 Å². The van der Waals surface area contributed by atoms with Gasteiger partial charge >= 0.3 is 12.0 Å². The van der Waals surface area contributed by atoms with Crippen LogP contribution in [0, 0.1) is 17.2 Å². The van der Waals surface area contributed by atoms with E-state index in [0.717, 1.165) is 0 Å². The van der Waals surface area contributed by atoms with E-state index < -0.39 is 5.97 Å². The highest BCUT2D eigenvalue weighted by Crippen LogP contribution is 2.05. The normalized spacial score (nSPS) is 11.4. The number of urea groups is 1. The standard InChI is InChI=1S/C12H21N3O3/c1-4-6-15(9-11(16)17)12(18)14(5-2)8-10(3)7-13/h10H,4-6,8-9H2,1-3H3,(H,16,17). The van der Waals surface area contributed by atoms with Crippen LogP contribution in [-0.2, 0) is 4.79 Å². The van der Waals surface area contributed by atoms with Crippen LogP contribution in [0.4, 0.5) is 4.79 Å². The van der Waals surface area contributed by atoms with Gasteiger partial charge in [0.15, 0.2) is 0 Å². The third-order valence-corrected chi connectivity index (χ3v) is 2.46. The number of nitriles is 1. The maximum atomic E-state index is 12.1. The Morgan fingerprint density at radius 3 is 2.33 bits per heavy atom. The molecule has 0 aliphatic carbocycles. The van der Waals surface area contributed by atoms with Crippen molar-refractivity contribution in [3.05, 3.63) is 0 Å². The molecule has 0 bridgehead atoms. The number of hydrogen-bond donors (Lipinski definition) is 1. The maximum Gasteiger partial charge on any atom is 0.323 e. The summed E-state index contributed by atoms with van der Waals surface area (Å²) < 4.78 is 0. The molecule has 1 N–H and O–H groups in total. The van der Waals surface area contributed by atoms with Gasteiger partial charge in [-0.15, -0.1) is 0 Å². The van der Waals surface area contributed by atoms with Crippen LogP contribution >= 0.6 is 0 Å². The molecule has 6 nitrogen and oxygen atoms in total. The Morgan fingerprint density at radius 2 is 1.94 bits per heavy atom. The summed E-state index contributed by atoms with van der Waals surface area (Å²) >= 11 is 0. The second-order valence-electron chi connectivity index (χ2n) is 4.17. The van der Waals surface area contributed by atoms with Crippen LogP contribution in [-0.4, -0.2) is 53.1 Å². The highest BCUT2D eigenvalue weighted by atomic mass is 16.4. The summed E-state index contributed by atoms with van der Waals surface area (Å²) in [5, 5.41) is 17.5. The van der Waals surface area contributed by atoms with Gasteiger partial charge in [0.2, 0.25) is 0 Å². The third-order valence-electron chi connectivity index (χ3n) is 2.46. The van der Waals surface area contributed by atoms with Crippen molar-refractivity contribution >= 4 is 12.0 Å². The van der Waals surface area contributed by atoms with Crippen LogP contribution in [0.2, 0.25) is 0 Å². The minimum atomic E-state index is -1.03. The minimum absolute atomic E-state index is 0.262. The lowest BCUT2D eigenvalue weighted by Gasteiger charge is -2.29. The number of rotatable bonds is 7. The number of carboxylic acids is 1. The highest BCUT2D eigenvalue weighted by Gasteiger charge is 2.22. The van der Waals surface area contributed by atoms with E-state index in [1.807, 2.05) is 13.8 Å². The predicted molar refractivity (Wildman–Crippen MR) is 66.9 cm³/mol. The first-order valence-electron chi connectivity index (χ1n) is 6.11. The Balaban J connectivity index is 4.69. The van der Waals surface area contributed by atoms with E-state index in [0.29, 0.717) is 26.1 Å². The number of nitrogens with zero attached hydrogens (tertiary/aromatic N) is 3. The summed E-state index contributed by atoms with van der Waals surface area (Å²) in [4.78, 5) is 25.7. The fraction of sp³-hybridized carbons (Fsp3) is 0.750. The first-order chi connectivity index (χ1) is 8.46. The third kappa shape index (κ3) is 5.53. The largest absolute Gasteiger partial charge is 0.480 e. The van der Waals surface area contributed by atoms with Crippen molar-refractivity contribution in [2.75, 3.05) is 26.2 Å². The molecule has 102 valence electrons. The summed E-state index contributed by atoms with van der Waals surface area (Å²) in [5.41, 5.74) is 0. The summed E-state index contributed by atoms with van der Waals surface area (Å²) in [6.45, 7) is 6.32. The van der Waals surface area contributed by atoms with Gasteiger partial charge in [-0.25, -0.2) is 4.79 Å². The molecule has 18 heavy (non-hydrogen) atoms. The van der Waals surface area contributed by atoms with Gasteiger partial charge < -0.3 is 14.9 Å². The molecule has 0 spiro atoms. The topological polar surface area (TPSA) is 84.6 Å². The van der Waals surface area contributed by atoms with Crippen molar-refractivity contribution in [3.63, 3.8) is 0 Å². The van der Waals surface area contributed by atoms with Gasteiger partial charge in [-0.05, 0) is 20.3 Å². The Kier molecular flexibility index (Phi) is 7.52. The molecule has 6 heteroatoms. The fourth-order valence-corrected chi connectivity index (χ4v) is 1.59. The van der Waals surface area contributed by atoms with E-state index in [1.54, 1.807) is 6.92 Å². The van der Waals surface area contributed by atoms with Gasteiger partial charge in [-0.1, -0.05) is 6.92 Å². The highest BCUT2D eigenvalue weighted by molar-refractivity contribution is 5.80. The number of carbonyl (C=O) groups excluding carboxylic acids is 1. The van der Waals surface area contributed by atoms with E-state index >= 15 is 0 Å². The van der Waals surface area contributed by atoms with Crippen LogP contribution < -0.4 is 0 Å². The summed E-state index contributed by atoms with van der Waals surface area (Å²) in [6.07, 6.45) is 0.699. The number of amides is 2. The monoisotopic (exact) mass is 255 g/mol. The molecule has 0 radical (unpaired) electrons. The molecule has 0 saturated heterocycles. The molecule has 0 aromatic heterocycles. The predicted octanol–water partition coefficient (Wildman–Crippen LogP) is 1.38. The Hall–Kier alpha value is -1.77. The van der Waals surface area contributed by atoms with E-state index in [2.05, 4.69) is 6.07 Å². The lowest BCUT2D eigenvalue weighted by atomic mass is 10.2. The van der Waals surface area contributed by atoms with E-state index in [1.165, 1.54) is 9.80 Å². The molecular formula is C12H21N3O3. The lowest BCUT2D eigenvalue weighted by molar-refractivity contribution is -0.137. The fourth-order valence-electron chi connectivity index (χ4n) is 1.59.